The van der Waals surface area contributed by atoms with E-state index in [2.05, 4.69) is 22.8 Å². The van der Waals surface area contributed by atoms with Gasteiger partial charge < -0.3 is 4.74 Å². The fraction of sp³-hybridized carbons (Fsp3) is 0.923. The molecule has 0 aromatic rings. The minimum Gasteiger partial charge on any atom is -0.374 e. The fourth-order valence-corrected chi connectivity index (χ4v) is 2.72. The van der Waals surface area contributed by atoms with Gasteiger partial charge in [0.05, 0.1) is 24.3 Å². The van der Waals surface area contributed by atoms with Gasteiger partial charge in [-0.2, -0.15) is 5.26 Å². The third-order valence-electron chi connectivity index (χ3n) is 3.92. The van der Waals surface area contributed by atoms with E-state index in [1.807, 2.05) is 6.92 Å². The summed E-state index contributed by atoms with van der Waals surface area (Å²) in [5.41, 5.74) is 0. The van der Waals surface area contributed by atoms with E-state index in [0.717, 1.165) is 32.7 Å². The molecular formula is C13H23N3O. The quantitative estimate of drug-likeness (QED) is 0.736. The van der Waals surface area contributed by atoms with Crippen LogP contribution < -0.4 is 0 Å². The van der Waals surface area contributed by atoms with Crippen LogP contribution in [0.2, 0.25) is 0 Å². The van der Waals surface area contributed by atoms with Gasteiger partial charge in [0.15, 0.2) is 0 Å². The van der Waals surface area contributed by atoms with E-state index in [0.29, 0.717) is 12.2 Å². The minimum atomic E-state index is 0.0555. The summed E-state index contributed by atoms with van der Waals surface area (Å²) in [5.74, 6) is 0. The van der Waals surface area contributed by atoms with E-state index in [4.69, 9.17) is 10.00 Å². The van der Waals surface area contributed by atoms with Crippen LogP contribution >= 0.6 is 0 Å². The Hall–Kier alpha value is -0.630. The summed E-state index contributed by atoms with van der Waals surface area (Å²) >= 11 is 0. The van der Waals surface area contributed by atoms with Crippen molar-refractivity contribution in [3.8, 4) is 6.07 Å². The third-order valence-corrected chi connectivity index (χ3v) is 3.92. The highest BCUT2D eigenvalue weighted by molar-refractivity contribution is 4.90. The van der Waals surface area contributed by atoms with Gasteiger partial charge in [-0.25, -0.2) is 0 Å². The summed E-state index contributed by atoms with van der Waals surface area (Å²) in [6.45, 7) is 9.37. The lowest BCUT2D eigenvalue weighted by Crippen LogP contribution is -2.50. The Bertz CT molecular complexity index is 281. The largest absolute Gasteiger partial charge is 0.374 e. The molecule has 2 heterocycles. The highest BCUT2D eigenvalue weighted by Gasteiger charge is 2.26. The van der Waals surface area contributed by atoms with Crippen LogP contribution in [0.15, 0.2) is 0 Å². The van der Waals surface area contributed by atoms with Crippen molar-refractivity contribution in [1.82, 2.24) is 9.80 Å². The lowest BCUT2D eigenvalue weighted by molar-refractivity contribution is 0.0175. The molecule has 3 atom stereocenters. The number of rotatable bonds is 3. The molecule has 0 N–H and O–H groups in total. The van der Waals surface area contributed by atoms with Gasteiger partial charge in [-0.15, -0.1) is 0 Å². The third kappa shape index (κ3) is 3.41. The molecule has 0 aromatic carbocycles. The monoisotopic (exact) mass is 237 g/mol. The Morgan fingerprint density at radius 1 is 1.29 bits per heavy atom. The first-order chi connectivity index (χ1) is 8.19. The summed E-state index contributed by atoms with van der Waals surface area (Å²) in [7, 11) is 0. The lowest BCUT2D eigenvalue weighted by atomic mass is 10.2. The van der Waals surface area contributed by atoms with E-state index >= 15 is 0 Å². The van der Waals surface area contributed by atoms with E-state index in [9.17, 15) is 0 Å². The van der Waals surface area contributed by atoms with Crippen LogP contribution in [0.1, 0.15) is 26.7 Å². The van der Waals surface area contributed by atoms with Gasteiger partial charge in [0.25, 0.3) is 0 Å². The van der Waals surface area contributed by atoms with Crippen LogP contribution in [0.3, 0.4) is 0 Å². The molecule has 2 aliphatic rings. The van der Waals surface area contributed by atoms with Crippen molar-refractivity contribution in [2.45, 2.75) is 44.9 Å². The Kier molecular flexibility index (Phi) is 4.38. The Morgan fingerprint density at radius 3 is 2.53 bits per heavy atom. The van der Waals surface area contributed by atoms with Crippen molar-refractivity contribution < 1.29 is 4.74 Å². The second kappa shape index (κ2) is 5.81. The smallest absolute Gasteiger partial charge is 0.0950 e. The SMILES string of the molecule is CC1CCC(CN2CCN(C(C)C#N)CC2)O1. The number of hydrogen-bond acceptors (Lipinski definition) is 4. The summed E-state index contributed by atoms with van der Waals surface area (Å²) in [5, 5.41) is 8.89. The van der Waals surface area contributed by atoms with Crippen LogP contribution in [-0.2, 0) is 4.74 Å². The van der Waals surface area contributed by atoms with Crippen LogP contribution in [0.4, 0.5) is 0 Å². The van der Waals surface area contributed by atoms with Crippen molar-refractivity contribution >= 4 is 0 Å². The van der Waals surface area contributed by atoms with Crippen LogP contribution in [0, 0.1) is 11.3 Å². The van der Waals surface area contributed by atoms with E-state index in [-0.39, 0.29) is 6.04 Å². The number of nitrogens with zero attached hydrogens (tertiary/aromatic N) is 3. The zero-order valence-corrected chi connectivity index (χ0v) is 10.9. The normalized spacial score (nSPS) is 33.5. The van der Waals surface area contributed by atoms with Crippen LogP contribution in [-0.4, -0.2) is 60.8 Å². The highest BCUT2D eigenvalue weighted by atomic mass is 16.5. The lowest BCUT2D eigenvalue weighted by Gasteiger charge is -2.36. The predicted molar refractivity (Wildman–Crippen MR) is 66.7 cm³/mol. The maximum Gasteiger partial charge on any atom is 0.0950 e. The maximum absolute atomic E-state index is 8.89. The first kappa shape index (κ1) is 12.8. The van der Waals surface area contributed by atoms with Crippen molar-refractivity contribution in [1.29, 1.82) is 5.26 Å². The van der Waals surface area contributed by atoms with E-state index in [1.165, 1.54) is 12.8 Å². The number of hydrogen-bond donors (Lipinski definition) is 0. The molecule has 2 fully saturated rings. The van der Waals surface area contributed by atoms with Crippen LogP contribution in [0.25, 0.3) is 0 Å². The second-order valence-corrected chi connectivity index (χ2v) is 5.29. The molecule has 2 rings (SSSR count). The topological polar surface area (TPSA) is 39.5 Å². The number of ether oxygens (including phenoxy) is 1. The molecule has 0 saturated carbocycles. The van der Waals surface area contributed by atoms with Gasteiger partial charge in [0, 0.05) is 32.7 Å². The average Bonchev–Trinajstić information content (AvgIpc) is 2.75. The molecule has 3 unspecified atom stereocenters. The maximum atomic E-state index is 8.89. The van der Waals surface area contributed by atoms with E-state index < -0.39 is 0 Å². The highest BCUT2D eigenvalue weighted by Crippen LogP contribution is 2.20. The zero-order chi connectivity index (χ0) is 12.3. The fourth-order valence-electron chi connectivity index (χ4n) is 2.72. The van der Waals surface area contributed by atoms with Gasteiger partial charge in [-0.05, 0) is 26.7 Å². The van der Waals surface area contributed by atoms with Gasteiger partial charge in [-0.3, -0.25) is 9.80 Å². The molecule has 0 aromatic heterocycles. The Labute approximate surface area is 104 Å². The molecule has 0 radical (unpaired) electrons. The molecular weight excluding hydrogens is 214 g/mol. The molecule has 2 saturated heterocycles. The molecule has 0 amide bonds. The summed E-state index contributed by atoms with van der Waals surface area (Å²) in [6, 6.07) is 2.37. The van der Waals surface area contributed by atoms with Crippen molar-refractivity contribution in [3.05, 3.63) is 0 Å². The molecule has 17 heavy (non-hydrogen) atoms. The predicted octanol–water partition coefficient (Wildman–Crippen LogP) is 1.08. The summed E-state index contributed by atoms with van der Waals surface area (Å²) in [4.78, 5) is 4.73. The average molecular weight is 237 g/mol. The number of nitriles is 1. The van der Waals surface area contributed by atoms with Gasteiger partial charge in [-0.1, -0.05) is 0 Å². The van der Waals surface area contributed by atoms with Crippen LogP contribution in [0.5, 0.6) is 0 Å². The van der Waals surface area contributed by atoms with Gasteiger partial charge >= 0.3 is 0 Å². The Morgan fingerprint density at radius 2 is 2.00 bits per heavy atom. The summed E-state index contributed by atoms with van der Waals surface area (Å²) < 4.78 is 5.85. The standard InChI is InChI=1S/C13H23N3O/c1-11(9-14)16-7-5-15(6-8-16)10-13-4-3-12(2)17-13/h11-13H,3-8,10H2,1-2H3. The molecule has 0 spiro atoms. The molecule has 96 valence electrons. The van der Waals surface area contributed by atoms with Gasteiger partial charge in [0.2, 0.25) is 0 Å². The second-order valence-electron chi connectivity index (χ2n) is 5.29. The van der Waals surface area contributed by atoms with Crippen molar-refractivity contribution in [2.75, 3.05) is 32.7 Å². The van der Waals surface area contributed by atoms with E-state index in [1.54, 1.807) is 0 Å². The van der Waals surface area contributed by atoms with Gasteiger partial charge in [0.1, 0.15) is 0 Å². The molecule has 2 aliphatic heterocycles. The molecule has 0 bridgehead atoms. The minimum absolute atomic E-state index is 0.0555. The molecule has 4 nitrogen and oxygen atoms in total. The Balaban J connectivity index is 1.71. The number of piperazine rings is 1. The zero-order valence-electron chi connectivity index (χ0n) is 10.9. The first-order valence-electron chi connectivity index (χ1n) is 6.70. The van der Waals surface area contributed by atoms with Crippen molar-refractivity contribution in [3.63, 3.8) is 0 Å². The summed E-state index contributed by atoms with van der Waals surface area (Å²) in [6.07, 6.45) is 3.29. The molecule has 0 aliphatic carbocycles. The molecule has 4 heteroatoms. The van der Waals surface area contributed by atoms with Crippen molar-refractivity contribution in [2.24, 2.45) is 0 Å². The first-order valence-corrected chi connectivity index (χ1v) is 6.70.